The molecule has 1 aliphatic rings. The Balaban J connectivity index is 2.34. The first kappa shape index (κ1) is 15.8. The van der Waals surface area contributed by atoms with Gasteiger partial charge in [-0.1, -0.05) is 13.8 Å². The van der Waals surface area contributed by atoms with Crippen LogP contribution in [-0.4, -0.2) is 32.0 Å². The number of hydrogen-bond acceptors (Lipinski definition) is 2. The maximum absolute atomic E-state index is 12.0. The highest BCUT2D eigenvalue weighted by atomic mass is 19.4. The molecule has 1 saturated carbocycles. The second-order valence-corrected chi connectivity index (χ2v) is 5.50. The zero-order valence-corrected chi connectivity index (χ0v) is 11.4. The quantitative estimate of drug-likeness (QED) is 0.771. The van der Waals surface area contributed by atoms with Gasteiger partial charge in [0, 0.05) is 19.1 Å². The summed E-state index contributed by atoms with van der Waals surface area (Å²) >= 11 is 0. The summed E-state index contributed by atoms with van der Waals surface area (Å²) in [7, 11) is 1.89. The van der Waals surface area contributed by atoms with Gasteiger partial charge >= 0.3 is 6.18 Å². The van der Waals surface area contributed by atoms with Crippen molar-refractivity contribution in [1.29, 1.82) is 0 Å². The standard InChI is InChI=1S/C13H24F3NO/c1-9-7-10(2)12(11(8-9)17-3)18-6-4-5-13(14,15)16/h9-12,17H,4-8H2,1-3H3. The number of ether oxygens (including phenoxy) is 1. The van der Waals surface area contributed by atoms with Gasteiger partial charge in [0.1, 0.15) is 0 Å². The molecule has 1 N–H and O–H groups in total. The molecule has 0 radical (unpaired) electrons. The molecule has 4 unspecified atom stereocenters. The molecule has 0 aromatic rings. The average Bonchev–Trinajstić information content (AvgIpc) is 2.24. The van der Waals surface area contributed by atoms with Crippen molar-refractivity contribution in [2.24, 2.45) is 11.8 Å². The Labute approximate surface area is 107 Å². The maximum atomic E-state index is 12.0. The Kier molecular flexibility index (Phi) is 5.92. The van der Waals surface area contributed by atoms with E-state index in [4.69, 9.17) is 4.74 Å². The Bertz CT molecular complexity index is 245. The van der Waals surface area contributed by atoms with E-state index in [2.05, 4.69) is 19.2 Å². The zero-order chi connectivity index (χ0) is 13.8. The van der Waals surface area contributed by atoms with E-state index in [-0.39, 0.29) is 25.2 Å². The predicted octanol–water partition coefficient (Wildman–Crippen LogP) is 3.37. The van der Waals surface area contributed by atoms with Crippen molar-refractivity contribution in [3.05, 3.63) is 0 Å². The molecular weight excluding hydrogens is 243 g/mol. The summed E-state index contributed by atoms with van der Waals surface area (Å²) in [5.41, 5.74) is 0. The normalized spacial score (nSPS) is 33.7. The number of nitrogens with one attached hydrogen (secondary N) is 1. The minimum absolute atomic E-state index is 0.0411. The summed E-state index contributed by atoms with van der Waals surface area (Å²) in [6, 6.07) is 0.259. The third-order valence-corrected chi connectivity index (χ3v) is 3.67. The van der Waals surface area contributed by atoms with Crippen LogP contribution in [0, 0.1) is 11.8 Å². The summed E-state index contributed by atoms with van der Waals surface area (Å²) in [5.74, 6) is 1.05. The number of halogens is 3. The van der Waals surface area contributed by atoms with Gasteiger partial charge in [-0.3, -0.25) is 0 Å². The Morgan fingerprint density at radius 3 is 2.44 bits per heavy atom. The molecule has 0 amide bonds. The van der Waals surface area contributed by atoms with E-state index >= 15 is 0 Å². The van der Waals surface area contributed by atoms with Crippen LogP contribution in [0.15, 0.2) is 0 Å². The van der Waals surface area contributed by atoms with Crippen LogP contribution < -0.4 is 5.32 Å². The van der Waals surface area contributed by atoms with E-state index < -0.39 is 12.6 Å². The number of hydrogen-bond donors (Lipinski definition) is 1. The SMILES string of the molecule is CNC1CC(C)CC(C)C1OCCCC(F)(F)F. The molecule has 0 aromatic carbocycles. The number of rotatable bonds is 5. The second-order valence-electron chi connectivity index (χ2n) is 5.50. The third kappa shape index (κ3) is 5.14. The highest BCUT2D eigenvalue weighted by molar-refractivity contribution is 4.87. The fraction of sp³-hybridized carbons (Fsp3) is 1.00. The van der Waals surface area contributed by atoms with Crippen molar-refractivity contribution >= 4 is 0 Å². The van der Waals surface area contributed by atoms with E-state index in [0.29, 0.717) is 11.8 Å². The van der Waals surface area contributed by atoms with Gasteiger partial charge in [0.15, 0.2) is 0 Å². The lowest BCUT2D eigenvalue weighted by Gasteiger charge is -2.39. The highest BCUT2D eigenvalue weighted by Crippen LogP contribution is 2.31. The van der Waals surface area contributed by atoms with Gasteiger partial charge in [0.25, 0.3) is 0 Å². The lowest BCUT2D eigenvalue weighted by atomic mass is 9.78. The molecule has 5 heteroatoms. The van der Waals surface area contributed by atoms with Gasteiger partial charge in [-0.05, 0) is 38.1 Å². The fourth-order valence-electron chi connectivity index (χ4n) is 2.88. The molecule has 0 saturated heterocycles. The molecule has 0 aliphatic heterocycles. The van der Waals surface area contributed by atoms with Gasteiger partial charge in [0.05, 0.1) is 6.10 Å². The molecule has 0 spiro atoms. The van der Waals surface area contributed by atoms with E-state index in [1.807, 2.05) is 7.05 Å². The Morgan fingerprint density at radius 1 is 1.22 bits per heavy atom. The fourth-order valence-corrected chi connectivity index (χ4v) is 2.88. The number of alkyl halides is 3. The molecule has 0 heterocycles. The van der Waals surface area contributed by atoms with E-state index in [0.717, 1.165) is 12.8 Å². The van der Waals surface area contributed by atoms with Crippen molar-refractivity contribution in [1.82, 2.24) is 5.32 Å². The minimum Gasteiger partial charge on any atom is -0.376 e. The molecule has 1 rings (SSSR count). The molecular formula is C13H24F3NO. The summed E-state index contributed by atoms with van der Waals surface area (Å²) in [5, 5.41) is 3.22. The molecule has 1 fully saturated rings. The van der Waals surface area contributed by atoms with Crippen LogP contribution in [0.2, 0.25) is 0 Å². The summed E-state index contributed by atoms with van der Waals surface area (Å²) < 4.78 is 41.8. The summed E-state index contributed by atoms with van der Waals surface area (Å²) in [4.78, 5) is 0. The summed E-state index contributed by atoms with van der Waals surface area (Å²) in [6.45, 7) is 4.52. The Morgan fingerprint density at radius 2 is 1.89 bits per heavy atom. The first-order valence-electron chi connectivity index (χ1n) is 6.69. The molecule has 108 valence electrons. The molecule has 18 heavy (non-hydrogen) atoms. The van der Waals surface area contributed by atoms with E-state index in [1.54, 1.807) is 0 Å². The number of likely N-dealkylation sites (N-methyl/N-ethyl adjacent to an activating group) is 1. The average molecular weight is 267 g/mol. The van der Waals surface area contributed by atoms with Crippen LogP contribution in [0.4, 0.5) is 13.2 Å². The van der Waals surface area contributed by atoms with E-state index in [1.165, 1.54) is 0 Å². The molecule has 4 atom stereocenters. The lowest BCUT2D eigenvalue weighted by molar-refractivity contribution is -0.140. The highest BCUT2D eigenvalue weighted by Gasteiger charge is 2.34. The molecule has 2 nitrogen and oxygen atoms in total. The first-order valence-corrected chi connectivity index (χ1v) is 6.69. The van der Waals surface area contributed by atoms with Crippen LogP contribution in [0.25, 0.3) is 0 Å². The molecule has 0 bridgehead atoms. The Hall–Kier alpha value is -0.290. The monoisotopic (exact) mass is 267 g/mol. The van der Waals surface area contributed by atoms with Gasteiger partial charge in [-0.25, -0.2) is 0 Å². The third-order valence-electron chi connectivity index (χ3n) is 3.67. The van der Waals surface area contributed by atoms with Crippen molar-refractivity contribution in [3.63, 3.8) is 0 Å². The van der Waals surface area contributed by atoms with Crippen molar-refractivity contribution in [3.8, 4) is 0 Å². The van der Waals surface area contributed by atoms with Gasteiger partial charge < -0.3 is 10.1 Å². The zero-order valence-electron chi connectivity index (χ0n) is 11.4. The van der Waals surface area contributed by atoms with E-state index in [9.17, 15) is 13.2 Å². The van der Waals surface area contributed by atoms with Crippen molar-refractivity contribution < 1.29 is 17.9 Å². The summed E-state index contributed by atoms with van der Waals surface area (Å²) in [6.07, 6.45) is -2.61. The topological polar surface area (TPSA) is 21.3 Å². The van der Waals surface area contributed by atoms with Gasteiger partial charge in [-0.15, -0.1) is 0 Å². The largest absolute Gasteiger partial charge is 0.389 e. The van der Waals surface area contributed by atoms with Crippen LogP contribution >= 0.6 is 0 Å². The lowest BCUT2D eigenvalue weighted by Crippen LogP contribution is -2.48. The van der Waals surface area contributed by atoms with Crippen molar-refractivity contribution in [2.45, 2.75) is 57.9 Å². The van der Waals surface area contributed by atoms with Crippen LogP contribution in [-0.2, 0) is 4.74 Å². The maximum Gasteiger partial charge on any atom is 0.389 e. The van der Waals surface area contributed by atoms with Crippen LogP contribution in [0.3, 0.4) is 0 Å². The van der Waals surface area contributed by atoms with Gasteiger partial charge in [0.2, 0.25) is 0 Å². The first-order chi connectivity index (χ1) is 8.33. The molecule has 1 aliphatic carbocycles. The minimum atomic E-state index is -4.07. The van der Waals surface area contributed by atoms with Crippen molar-refractivity contribution in [2.75, 3.05) is 13.7 Å². The van der Waals surface area contributed by atoms with Gasteiger partial charge in [-0.2, -0.15) is 13.2 Å². The van der Waals surface area contributed by atoms with Crippen LogP contribution in [0.5, 0.6) is 0 Å². The predicted molar refractivity (Wildman–Crippen MR) is 65.4 cm³/mol. The molecule has 0 aromatic heterocycles. The smallest absolute Gasteiger partial charge is 0.376 e. The second kappa shape index (κ2) is 6.75. The van der Waals surface area contributed by atoms with Crippen LogP contribution in [0.1, 0.15) is 39.5 Å².